The van der Waals surface area contributed by atoms with Crippen molar-refractivity contribution in [1.29, 1.82) is 0 Å². The van der Waals surface area contributed by atoms with Gasteiger partial charge in [-0.1, -0.05) is 6.07 Å². The van der Waals surface area contributed by atoms with Crippen LogP contribution in [0.1, 0.15) is 11.1 Å². The third kappa shape index (κ3) is 2.66. The number of halogens is 1. The zero-order valence-electron chi connectivity index (χ0n) is 9.12. The van der Waals surface area contributed by atoms with E-state index in [2.05, 4.69) is 4.99 Å². The highest BCUT2D eigenvalue weighted by molar-refractivity contribution is 5.40. The molecule has 86 valence electrons. The molecule has 0 N–H and O–H groups in total. The Balaban J connectivity index is 3.14. The standard InChI is InChI=1S/C11H12FNO3/c1-15-6-9-10(16-2)4-3-8(11(9)12)5-13-7-14/h3-4H,5-6H2,1-2H3. The molecule has 1 aromatic carbocycles. The summed E-state index contributed by atoms with van der Waals surface area (Å²) in [6.45, 7) is 0.0731. The Kier molecular flexibility index (Phi) is 4.64. The monoisotopic (exact) mass is 225 g/mol. The van der Waals surface area contributed by atoms with Crippen molar-refractivity contribution in [1.82, 2.24) is 0 Å². The van der Waals surface area contributed by atoms with Crippen molar-refractivity contribution in [2.75, 3.05) is 14.2 Å². The molecule has 1 rings (SSSR count). The minimum Gasteiger partial charge on any atom is -0.496 e. The summed E-state index contributed by atoms with van der Waals surface area (Å²) in [6.07, 6.45) is 1.37. The van der Waals surface area contributed by atoms with Crippen LogP contribution in [0, 0.1) is 5.82 Å². The largest absolute Gasteiger partial charge is 0.496 e. The highest BCUT2D eigenvalue weighted by Crippen LogP contribution is 2.25. The normalized spacial score (nSPS) is 9.69. The lowest BCUT2D eigenvalue weighted by atomic mass is 10.1. The van der Waals surface area contributed by atoms with Crippen molar-refractivity contribution < 1.29 is 18.7 Å². The van der Waals surface area contributed by atoms with E-state index in [4.69, 9.17) is 9.47 Å². The summed E-state index contributed by atoms with van der Waals surface area (Å²) in [6, 6.07) is 3.14. The van der Waals surface area contributed by atoms with E-state index in [9.17, 15) is 9.18 Å². The maximum atomic E-state index is 13.9. The van der Waals surface area contributed by atoms with E-state index < -0.39 is 5.82 Å². The van der Waals surface area contributed by atoms with E-state index in [-0.39, 0.29) is 13.2 Å². The molecule has 0 radical (unpaired) electrons. The van der Waals surface area contributed by atoms with Gasteiger partial charge >= 0.3 is 0 Å². The van der Waals surface area contributed by atoms with Crippen LogP contribution in [0.5, 0.6) is 5.75 Å². The Hall–Kier alpha value is -1.71. The van der Waals surface area contributed by atoms with Crippen LogP contribution in [-0.4, -0.2) is 20.3 Å². The number of ether oxygens (including phenoxy) is 2. The van der Waals surface area contributed by atoms with E-state index in [1.807, 2.05) is 0 Å². The van der Waals surface area contributed by atoms with Crippen molar-refractivity contribution in [3.63, 3.8) is 0 Å². The van der Waals surface area contributed by atoms with Gasteiger partial charge in [0.25, 0.3) is 0 Å². The summed E-state index contributed by atoms with van der Waals surface area (Å²) < 4.78 is 23.8. The maximum absolute atomic E-state index is 13.9. The van der Waals surface area contributed by atoms with Crippen LogP contribution in [0.2, 0.25) is 0 Å². The molecule has 0 saturated carbocycles. The van der Waals surface area contributed by atoms with Crippen LogP contribution in [0.3, 0.4) is 0 Å². The summed E-state index contributed by atoms with van der Waals surface area (Å²) in [5.74, 6) is -0.0432. The summed E-state index contributed by atoms with van der Waals surface area (Å²) in [5.41, 5.74) is 0.639. The Bertz CT molecular complexity index is 414. The predicted molar refractivity (Wildman–Crippen MR) is 55.5 cm³/mol. The highest BCUT2D eigenvalue weighted by Gasteiger charge is 2.13. The Morgan fingerprint density at radius 3 is 2.75 bits per heavy atom. The molecule has 0 saturated heterocycles. The first-order chi connectivity index (χ1) is 7.74. The van der Waals surface area contributed by atoms with Crippen LogP contribution in [0.15, 0.2) is 17.1 Å². The molecule has 0 unspecified atom stereocenters. The molecule has 16 heavy (non-hydrogen) atoms. The Labute approximate surface area is 92.7 Å². The SMILES string of the molecule is COCc1c(OC)ccc(CN=C=O)c1F. The third-order valence-corrected chi connectivity index (χ3v) is 2.10. The number of rotatable bonds is 5. The van der Waals surface area contributed by atoms with Crippen molar-refractivity contribution in [2.45, 2.75) is 13.2 Å². The number of hydrogen-bond donors (Lipinski definition) is 0. The summed E-state index contributed by atoms with van der Waals surface area (Å²) >= 11 is 0. The van der Waals surface area contributed by atoms with E-state index >= 15 is 0 Å². The average molecular weight is 225 g/mol. The summed E-state index contributed by atoms with van der Waals surface area (Å²) in [4.78, 5) is 13.3. The molecule has 0 atom stereocenters. The van der Waals surface area contributed by atoms with Gasteiger partial charge in [-0.15, -0.1) is 0 Å². The Morgan fingerprint density at radius 2 is 2.19 bits per heavy atom. The van der Waals surface area contributed by atoms with E-state index in [0.717, 1.165) is 0 Å². The van der Waals surface area contributed by atoms with Gasteiger partial charge in [-0.05, 0) is 6.07 Å². The van der Waals surface area contributed by atoms with Gasteiger partial charge in [0.2, 0.25) is 6.08 Å². The molecule has 0 aliphatic rings. The molecule has 0 fully saturated rings. The highest BCUT2D eigenvalue weighted by atomic mass is 19.1. The third-order valence-electron chi connectivity index (χ3n) is 2.10. The number of methoxy groups -OCH3 is 2. The molecule has 0 spiro atoms. The fourth-order valence-corrected chi connectivity index (χ4v) is 1.36. The second-order valence-electron chi connectivity index (χ2n) is 3.06. The Morgan fingerprint density at radius 1 is 1.44 bits per heavy atom. The smallest absolute Gasteiger partial charge is 0.235 e. The second-order valence-corrected chi connectivity index (χ2v) is 3.06. The fourth-order valence-electron chi connectivity index (χ4n) is 1.36. The minimum absolute atomic E-state index is 0.0317. The van der Waals surface area contributed by atoms with Crippen LogP contribution in [0.25, 0.3) is 0 Å². The molecular weight excluding hydrogens is 213 g/mol. The molecule has 0 bridgehead atoms. The van der Waals surface area contributed by atoms with Gasteiger partial charge in [0.05, 0.1) is 25.8 Å². The lowest BCUT2D eigenvalue weighted by Gasteiger charge is -2.11. The van der Waals surface area contributed by atoms with Gasteiger partial charge in [-0.3, -0.25) is 0 Å². The number of hydrogen-bond acceptors (Lipinski definition) is 4. The van der Waals surface area contributed by atoms with Crippen molar-refractivity contribution >= 4 is 6.08 Å². The summed E-state index contributed by atoms with van der Waals surface area (Å²) in [5, 5.41) is 0. The lowest BCUT2D eigenvalue weighted by Crippen LogP contribution is -2.01. The first-order valence-corrected chi connectivity index (χ1v) is 4.61. The molecule has 1 aromatic rings. The number of aliphatic imine (C=N–C) groups is 1. The van der Waals surface area contributed by atoms with Gasteiger partial charge in [0.15, 0.2) is 0 Å². The van der Waals surface area contributed by atoms with Gasteiger partial charge in [-0.25, -0.2) is 14.2 Å². The zero-order valence-corrected chi connectivity index (χ0v) is 9.12. The quantitative estimate of drug-likeness (QED) is 0.567. The minimum atomic E-state index is -0.458. The van der Waals surface area contributed by atoms with Crippen LogP contribution in [-0.2, 0) is 22.7 Å². The van der Waals surface area contributed by atoms with Gasteiger partial charge in [-0.2, -0.15) is 0 Å². The average Bonchev–Trinajstić information content (AvgIpc) is 2.30. The van der Waals surface area contributed by atoms with Gasteiger partial charge in [0.1, 0.15) is 11.6 Å². The van der Waals surface area contributed by atoms with E-state index in [0.29, 0.717) is 16.9 Å². The number of carbonyl (C=O) groups excluding carboxylic acids is 1. The number of isocyanates is 1. The maximum Gasteiger partial charge on any atom is 0.235 e. The molecule has 0 aliphatic heterocycles. The van der Waals surface area contributed by atoms with Crippen molar-refractivity contribution in [2.24, 2.45) is 4.99 Å². The molecule has 0 aromatic heterocycles. The predicted octanol–water partition coefficient (Wildman–Crippen LogP) is 1.82. The second kappa shape index (κ2) is 6.00. The lowest BCUT2D eigenvalue weighted by molar-refractivity contribution is 0.177. The van der Waals surface area contributed by atoms with Gasteiger partial charge in [0, 0.05) is 12.7 Å². The number of nitrogens with zero attached hydrogens (tertiary/aromatic N) is 1. The van der Waals surface area contributed by atoms with Crippen LogP contribution < -0.4 is 4.74 Å². The molecule has 4 nitrogen and oxygen atoms in total. The first-order valence-electron chi connectivity index (χ1n) is 4.61. The molecular formula is C11H12FNO3. The topological polar surface area (TPSA) is 47.9 Å². The first kappa shape index (κ1) is 12.4. The van der Waals surface area contributed by atoms with Crippen molar-refractivity contribution in [3.05, 3.63) is 29.1 Å². The molecule has 5 heteroatoms. The molecule has 0 heterocycles. The summed E-state index contributed by atoms with van der Waals surface area (Å²) in [7, 11) is 2.92. The van der Waals surface area contributed by atoms with Crippen LogP contribution in [0.4, 0.5) is 4.39 Å². The molecule has 0 amide bonds. The van der Waals surface area contributed by atoms with Crippen LogP contribution >= 0.6 is 0 Å². The van der Waals surface area contributed by atoms with Gasteiger partial charge < -0.3 is 9.47 Å². The fraction of sp³-hybridized carbons (Fsp3) is 0.364. The zero-order chi connectivity index (χ0) is 12.0. The van der Waals surface area contributed by atoms with E-state index in [1.54, 1.807) is 6.07 Å². The number of benzene rings is 1. The molecule has 0 aliphatic carbocycles. The van der Waals surface area contributed by atoms with E-state index in [1.165, 1.54) is 26.4 Å². The van der Waals surface area contributed by atoms with Crippen molar-refractivity contribution in [3.8, 4) is 5.75 Å².